The molecule has 0 aliphatic carbocycles. The molecule has 1 N–H and O–H groups in total. The van der Waals surface area contributed by atoms with Crippen LogP contribution in [-0.4, -0.2) is 60.3 Å². The Labute approximate surface area is 130 Å². The average Bonchev–Trinajstić information content (AvgIpc) is 2.53. The van der Waals surface area contributed by atoms with Crippen molar-refractivity contribution in [2.24, 2.45) is 5.41 Å². The van der Waals surface area contributed by atoms with Crippen LogP contribution in [0.5, 0.6) is 0 Å². The summed E-state index contributed by atoms with van der Waals surface area (Å²) >= 11 is 0. The van der Waals surface area contributed by atoms with E-state index in [0.717, 1.165) is 56.0 Å². The van der Waals surface area contributed by atoms with Crippen molar-refractivity contribution in [1.82, 2.24) is 19.9 Å². The topological polar surface area (TPSA) is 63.2 Å². The second-order valence-electron chi connectivity index (χ2n) is 6.29. The molecule has 1 fully saturated rings. The molecule has 118 valence electrons. The zero-order valence-corrected chi connectivity index (χ0v) is 13.2. The summed E-state index contributed by atoms with van der Waals surface area (Å²) in [5.41, 5.74) is 1.92. The smallest absolute Gasteiger partial charge is 0.154 e. The lowest BCUT2D eigenvalue weighted by Crippen LogP contribution is -2.43. The highest BCUT2D eigenvalue weighted by Gasteiger charge is 2.33. The molecule has 1 aliphatic heterocycles. The van der Waals surface area contributed by atoms with Crippen LogP contribution in [0.15, 0.2) is 24.7 Å². The van der Waals surface area contributed by atoms with Crippen LogP contribution in [0.2, 0.25) is 0 Å². The van der Waals surface area contributed by atoms with Crippen LogP contribution in [0.4, 0.5) is 5.82 Å². The molecule has 1 saturated heterocycles. The number of anilines is 1. The molecule has 3 rings (SSSR count). The second-order valence-corrected chi connectivity index (χ2v) is 6.29. The molecule has 0 spiro atoms. The lowest BCUT2D eigenvalue weighted by atomic mass is 9.79. The predicted molar refractivity (Wildman–Crippen MR) is 86.9 cm³/mol. The Bertz CT molecular complexity index is 619. The van der Waals surface area contributed by atoms with Crippen molar-refractivity contribution in [3.8, 4) is 0 Å². The van der Waals surface area contributed by atoms with Crippen LogP contribution in [-0.2, 0) is 4.74 Å². The summed E-state index contributed by atoms with van der Waals surface area (Å²) in [6, 6.07) is 1.89. The first kappa shape index (κ1) is 15.1. The van der Waals surface area contributed by atoms with Gasteiger partial charge in [0.15, 0.2) is 5.82 Å². The Morgan fingerprint density at radius 2 is 1.91 bits per heavy atom. The SMILES string of the molecule is CN(C)CC1(CNc2nccc3nccnc23)CCOCC1. The van der Waals surface area contributed by atoms with Crippen LogP contribution < -0.4 is 5.32 Å². The van der Waals surface area contributed by atoms with E-state index in [-0.39, 0.29) is 5.41 Å². The van der Waals surface area contributed by atoms with E-state index in [2.05, 4.69) is 39.3 Å². The first-order chi connectivity index (χ1) is 10.7. The maximum atomic E-state index is 5.54. The van der Waals surface area contributed by atoms with Gasteiger partial charge < -0.3 is 15.0 Å². The van der Waals surface area contributed by atoms with Crippen molar-refractivity contribution in [3.05, 3.63) is 24.7 Å². The second kappa shape index (κ2) is 6.54. The predicted octanol–water partition coefficient (Wildman–Crippen LogP) is 1.80. The van der Waals surface area contributed by atoms with Crippen molar-refractivity contribution in [2.45, 2.75) is 12.8 Å². The molecular formula is C16H23N5O. The van der Waals surface area contributed by atoms with Gasteiger partial charge in [-0.2, -0.15) is 0 Å². The van der Waals surface area contributed by atoms with Crippen molar-refractivity contribution in [3.63, 3.8) is 0 Å². The highest BCUT2D eigenvalue weighted by atomic mass is 16.5. The first-order valence-corrected chi connectivity index (χ1v) is 7.71. The highest BCUT2D eigenvalue weighted by molar-refractivity contribution is 5.84. The summed E-state index contributed by atoms with van der Waals surface area (Å²) in [5.74, 6) is 0.815. The Morgan fingerprint density at radius 3 is 2.68 bits per heavy atom. The van der Waals surface area contributed by atoms with E-state index in [1.165, 1.54) is 0 Å². The normalized spacial score (nSPS) is 17.8. The zero-order chi connectivity index (χ0) is 15.4. The number of aromatic nitrogens is 3. The fourth-order valence-corrected chi connectivity index (χ4v) is 3.16. The first-order valence-electron chi connectivity index (χ1n) is 7.71. The number of fused-ring (bicyclic) bond motifs is 1. The number of nitrogens with one attached hydrogen (secondary N) is 1. The minimum atomic E-state index is 0.216. The summed E-state index contributed by atoms with van der Waals surface area (Å²) in [5, 5.41) is 3.51. The van der Waals surface area contributed by atoms with E-state index >= 15 is 0 Å². The Hall–Kier alpha value is -1.79. The third-order valence-electron chi connectivity index (χ3n) is 4.22. The molecule has 6 nitrogen and oxygen atoms in total. The number of hydrogen-bond donors (Lipinski definition) is 1. The minimum Gasteiger partial charge on any atom is -0.381 e. The number of ether oxygens (including phenoxy) is 1. The molecule has 3 heterocycles. The number of pyridine rings is 1. The van der Waals surface area contributed by atoms with E-state index in [9.17, 15) is 0 Å². The Morgan fingerprint density at radius 1 is 1.14 bits per heavy atom. The van der Waals surface area contributed by atoms with Gasteiger partial charge in [0.25, 0.3) is 0 Å². The number of hydrogen-bond acceptors (Lipinski definition) is 6. The van der Waals surface area contributed by atoms with Crippen molar-refractivity contribution < 1.29 is 4.74 Å². The maximum Gasteiger partial charge on any atom is 0.154 e. The van der Waals surface area contributed by atoms with Gasteiger partial charge >= 0.3 is 0 Å². The van der Waals surface area contributed by atoms with E-state index in [0.29, 0.717) is 0 Å². The van der Waals surface area contributed by atoms with E-state index in [1.54, 1.807) is 18.6 Å². The molecule has 6 heteroatoms. The quantitative estimate of drug-likeness (QED) is 0.908. The Balaban J connectivity index is 1.79. The summed E-state index contributed by atoms with van der Waals surface area (Å²) in [6.45, 7) is 3.58. The molecule has 0 bridgehead atoms. The molecule has 0 amide bonds. The molecule has 2 aromatic heterocycles. The number of nitrogens with zero attached hydrogens (tertiary/aromatic N) is 4. The standard InChI is InChI=1S/C16H23N5O/c1-21(2)12-16(4-9-22-10-5-16)11-20-15-14-13(3-6-19-15)17-7-8-18-14/h3,6-8H,4-5,9-12H2,1-2H3,(H,19,20). The molecule has 0 aromatic carbocycles. The largest absolute Gasteiger partial charge is 0.381 e. The van der Waals surface area contributed by atoms with Gasteiger partial charge in [-0.25, -0.2) is 9.97 Å². The highest BCUT2D eigenvalue weighted by Crippen LogP contribution is 2.32. The van der Waals surface area contributed by atoms with Crippen molar-refractivity contribution in [2.75, 3.05) is 45.7 Å². The zero-order valence-electron chi connectivity index (χ0n) is 13.2. The molecule has 0 saturated carbocycles. The molecule has 0 radical (unpaired) electrons. The van der Waals surface area contributed by atoms with Gasteiger partial charge in [-0.3, -0.25) is 4.98 Å². The summed E-state index contributed by atoms with van der Waals surface area (Å²) in [6.07, 6.45) is 7.32. The minimum absolute atomic E-state index is 0.216. The third kappa shape index (κ3) is 3.34. The van der Waals surface area contributed by atoms with Gasteiger partial charge in [0.2, 0.25) is 0 Å². The average molecular weight is 301 g/mol. The van der Waals surface area contributed by atoms with Gasteiger partial charge in [0, 0.05) is 50.3 Å². The van der Waals surface area contributed by atoms with Gasteiger partial charge in [-0.1, -0.05) is 0 Å². The van der Waals surface area contributed by atoms with Crippen LogP contribution in [0.25, 0.3) is 11.0 Å². The van der Waals surface area contributed by atoms with E-state index < -0.39 is 0 Å². The fourth-order valence-electron chi connectivity index (χ4n) is 3.16. The number of rotatable bonds is 5. The van der Waals surface area contributed by atoms with Gasteiger partial charge in [-0.05, 0) is 33.0 Å². The van der Waals surface area contributed by atoms with Crippen LogP contribution in [0, 0.1) is 5.41 Å². The third-order valence-corrected chi connectivity index (χ3v) is 4.22. The van der Waals surface area contributed by atoms with Crippen molar-refractivity contribution >= 4 is 16.9 Å². The van der Waals surface area contributed by atoms with E-state index in [1.807, 2.05) is 6.07 Å². The van der Waals surface area contributed by atoms with Gasteiger partial charge in [-0.15, -0.1) is 0 Å². The molecular weight excluding hydrogens is 278 g/mol. The Kier molecular flexibility index (Phi) is 4.49. The van der Waals surface area contributed by atoms with Gasteiger partial charge in [0.1, 0.15) is 5.52 Å². The lowest BCUT2D eigenvalue weighted by molar-refractivity contribution is 0.00904. The molecule has 22 heavy (non-hydrogen) atoms. The molecule has 1 aliphatic rings. The maximum absolute atomic E-state index is 5.54. The van der Waals surface area contributed by atoms with Crippen LogP contribution in [0.3, 0.4) is 0 Å². The van der Waals surface area contributed by atoms with Gasteiger partial charge in [0.05, 0.1) is 5.52 Å². The molecule has 0 atom stereocenters. The van der Waals surface area contributed by atoms with Crippen molar-refractivity contribution in [1.29, 1.82) is 0 Å². The summed E-state index contributed by atoms with van der Waals surface area (Å²) in [7, 11) is 4.25. The molecule has 2 aromatic rings. The summed E-state index contributed by atoms with van der Waals surface area (Å²) in [4.78, 5) is 15.4. The van der Waals surface area contributed by atoms with Crippen LogP contribution in [0.1, 0.15) is 12.8 Å². The summed E-state index contributed by atoms with van der Waals surface area (Å²) < 4.78 is 5.54. The van der Waals surface area contributed by atoms with Crippen LogP contribution >= 0.6 is 0 Å². The van der Waals surface area contributed by atoms with E-state index in [4.69, 9.17) is 4.74 Å². The molecule has 0 unspecified atom stereocenters. The lowest BCUT2D eigenvalue weighted by Gasteiger charge is -2.39. The monoisotopic (exact) mass is 301 g/mol. The fraction of sp³-hybridized carbons (Fsp3) is 0.562.